The summed E-state index contributed by atoms with van der Waals surface area (Å²) in [6.45, 7) is 4.94. The number of phenolic OH excluding ortho intramolecular Hbond substituents is 1. The highest BCUT2D eigenvalue weighted by molar-refractivity contribution is 5.50. The molecule has 5 rings (SSSR count). The van der Waals surface area contributed by atoms with Gasteiger partial charge in [-0.05, 0) is 61.7 Å². The Morgan fingerprint density at radius 2 is 1.69 bits per heavy atom. The van der Waals surface area contributed by atoms with Crippen LogP contribution in [-0.4, -0.2) is 42.9 Å². The molecule has 0 amide bonds. The molecule has 1 fully saturated rings. The van der Waals surface area contributed by atoms with Crippen molar-refractivity contribution in [1.29, 1.82) is 0 Å². The molecule has 2 aliphatic rings. The zero-order chi connectivity index (χ0) is 21.8. The summed E-state index contributed by atoms with van der Waals surface area (Å²) in [5, 5.41) is 9.94. The number of likely N-dealkylation sites (tertiary alicyclic amines) is 1. The van der Waals surface area contributed by atoms with Gasteiger partial charge >= 0.3 is 0 Å². The second-order valence-electron chi connectivity index (χ2n) is 8.85. The molecule has 0 aliphatic carbocycles. The van der Waals surface area contributed by atoms with Crippen molar-refractivity contribution in [2.75, 3.05) is 32.8 Å². The highest BCUT2D eigenvalue weighted by atomic mass is 16.5. The van der Waals surface area contributed by atoms with Gasteiger partial charge in [-0.1, -0.05) is 48.5 Å². The molecule has 0 radical (unpaired) electrons. The standard InChI is InChI=1S/C28H31NO3/c30-23-11-14-25-27(19-23)32-20-26(21-7-2-1-3-8-21)28(25)22-9-12-24(13-10-22)31-18-6-17-29-15-4-5-16-29/h1-3,7-14,19,26,28,30H,4-6,15-18,20H2/t26-,28?/m1/s1. The molecule has 166 valence electrons. The summed E-state index contributed by atoms with van der Waals surface area (Å²) in [7, 11) is 0. The molecular weight excluding hydrogens is 398 g/mol. The van der Waals surface area contributed by atoms with Crippen LogP contribution in [0.5, 0.6) is 17.2 Å². The van der Waals surface area contributed by atoms with Gasteiger partial charge in [0.25, 0.3) is 0 Å². The van der Waals surface area contributed by atoms with Crippen LogP contribution in [0.1, 0.15) is 47.8 Å². The Balaban J connectivity index is 1.33. The van der Waals surface area contributed by atoms with Crippen molar-refractivity contribution >= 4 is 0 Å². The first-order chi connectivity index (χ1) is 15.8. The maximum atomic E-state index is 9.94. The molecule has 2 aliphatic heterocycles. The van der Waals surface area contributed by atoms with E-state index in [4.69, 9.17) is 9.47 Å². The highest BCUT2D eigenvalue weighted by Gasteiger charge is 2.33. The fourth-order valence-electron chi connectivity index (χ4n) is 5.05. The molecule has 2 atom stereocenters. The molecule has 0 saturated carbocycles. The van der Waals surface area contributed by atoms with Gasteiger partial charge in [-0.2, -0.15) is 0 Å². The fraction of sp³-hybridized carbons (Fsp3) is 0.357. The summed E-state index contributed by atoms with van der Waals surface area (Å²) in [4.78, 5) is 2.52. The number of hydrogen-bond donors (Lipinski definition) is 1. The molecule has 0 aromatic heterocycles. The minimum Gasteiger partial charge on any atom is -0.508 e. The molecule has 4 heteroatoms. The van der Waals surface area contributed by atoms with E-state index in [0.717, 1.165) is 36.6 Å². The second-order valence-corrected chi connectivity index (χ2v) is 8.85. The number of rotatable bonds is 7. The molecule has 32 heavy (non-hydrogen) atoms. The minimum absolute atomic E-state index is 0.158. The Labute approximate surface area is 190 Å². The number of aromatic hydroxyl groups is 1. The normalized spacial score (nSPS) is 20.5. The van der Waals surface area contributed by atoms with Gasteiger partial charge in [0.15, 0.2) is 0 Å². The van der Waals surface area contributed by atoms with Crippen molar-refractivity contribution in [3.8, 4) is 17.2 Å². The predicted octanol–water partition coefficient (Wildman–Crippen LogP) is 5.57. The van der Waals surface area contributed by atoms with Gasteiger partial charge in [-0.3, -0.25) is 0 Å². The molecule has 0 bridgehead atoms. The van der Waals surface area contributed by atoms with Gasteiger partial charge in [0.2, 0.25) is 0 Å². The summed E-state index contributed by atoms with van der Waals surface area (Å²) in [6, 6.07) is 24.5. The lowest BCUT2D eigenvalue weighted by Crippen LogP contribution is -2.25. The Hall–Kier alpha value is -2.98. The number of nitrogens with zero attached hydrogens (tertiary/aromatic N) is 1. The monoisotopic (exact) mass is 429 g/mol. The van der Waals surface area contributed by atoms with Crippen LogP contribution in [0.15, 0.2) is 72.8 Å². The first-order valence-corrected chi connectivity index (χ1v) is 11.7. The SMILES string of the molecule is Oc1ccc2c(c1)OC[C@H](c1ccccc1)C2c1ccc(OCCCN2CCCC2)cc1. The van der Waals surface area contributed by atoms with Crippen LogP contribution in [0.3, 0.4) is 0 Å². The van der Waals surface area contributed by atoms with Crippen LogP contribution in [0.4, 0.5) is 0 Å². The maximum absolute atomic E-state index is 9.94. The third-order valence-electron chi connectivity index (χ3n) is 6.71. The van der Waals surface area contributed by atoms with E-state index in [9.17, 15) is 5.11 Å². The topological polar surface area (TPSA) is 41.9 Å². The third kappa shape index (κ3) is 4.61. The van der Waals surface area contributed by atoms with E-state index >= 15 is 0 Å². The van der Waals surface area contributed by atoms with Crippen LogP contribution in [-0.2, 0) is 0 Å². The molecule has 2 heterocycles. The molecule has 1 saturated heterocycles. The maximum Gasteiger partial charge on any atom is 0.126 e. The van der Waals surface area contributed by atoms with E-state index in [2.05, 4.69) is 53.4 Å². The van der Waals surface area contributed by atoms with Crippen LogP contribution in [0.25, 0.3) is 0 Å². The highest BCUT2D eigenvalue weighted by Crippen LogP contribution is 2.47. The van der Waals surface area contributed by atoms with E-state index in [1.165, 1.54) is 37.1 Å². The quantitative estimate of drug-likeness (QED) is 0.499. The summed E-state index contributed by atoms with van der Waals surface area (Å²) in [5.41, 5.74) is 3.61. The number of phenols is 1. The Bertz CT molecular complexity index is 1010. The van der Waals surface area contributed by atoms with Gasteiger partial charge < -0.3 is 19.5 Å². The number of hydrogen-bond acceptors (Lipinski definition) is 4. The molecule has 0 spiro atoms. The molecule has 4 nitrogen and oxygen atoms in total. The number of fused-ring (bicyclic) bond motifs is 1. The Morgan fingerprint density at radius 3 is 2.47 bits per heavy atom. The average Bonchev–Trinajstić information content (AvgIpc) is 3.36. The zero-order valence-electron chi connectivity index (χ0n) is 18.5. The number of benzene rings is 3. The lowest BCUT2D eigenvalue weighted by Gasteiger charge is -2.34. The molecular formula is C28H31NO3. The van der Waals surface area contributed by atoms with E-state index in [1.54, 1.807) is 12.1 Å². The summed E-state index contributed by atoms with van der Waals surface area (Å²) in [6.07, 6.45) is 3.73. The Kier molecular flexibility index (Phi) is 6.31. The van der Waals surface area contributed by atoms with Crippen molar-refractivity contribution in [3.63, 3.8) is 0 Å². The van der Waals surface area contributed by atoms with Crippen LogP contribution < -0.4 is 9.47 Å². The largest absolute Gasteiger partial charge is 0.508 e. The van der Waals surface area contributed by atoms with Crippen molar-refractivity contribution < 1.29 is 14.6 Å². The third-order valence-corrected chi connectivity index (χ3v) is 6.71. The molecule has 1 N–H and O–H groups in total. The second kappa shape index (κ2) is 9.66. The summed E-state index contributed by atoms with van der Waals surface area (Å²) >= 11 is 0. The molecule has 3 aromatic carbocycles. The lowest BCUT2D eigenvalue weighted by atomic mass is 9.76. The van der Waals surface area contributed by atoms with E-state index in [-0.39, 0.29) is 17.6 Å². The van der Waals surface area contributed by atoms with E-state index in [1.807, 2.05) is 12.1 Å². The molecule has 3 aromatic rings. The number of ether oxygens (including phenoxy) is 2. The summed E-state index contributed by atoms with van der Waals surface area (Å²) < 4.78 is 12.1. The van der Waals surface area contributed by atoms with Gasteiger partial charge in [-0.25, -0.2) is 0 Å². The fourth-order valence-corrected chi connectivity index (χ4v) is 5.05. The van der Waals surface area contributed by atoms with Gasteiger partial charge in [0, 0.05) is 30.0 Å². The van der Waals surface area contributed by atoms with Gasteiger partial charge in [0.1, 0.15) is 17.2 Å². The first kappa shape index (κ1) is 20.9. The van der Waals surface area contributed by atoms with Crippen LogP contribution in [0, 0.1) is 0 Å². The van der Waals surface area contributed by atoms with Crippen molar-refractivity contribution in [3.05, 3.63) is 89.5 Å². The van der Waals surface area contributed by atoms with Crippen LogP contribution >= 0.6 is 0 Å². The minimum atomic E-state index is 0.158. The van der Waals surface area contributed by atoms with E-state index in [0.29, 0.717) is 6.61 Å². The first-order valence-electron chi connectivity index (χ1n) is 11.7. The van der Waals surface area contributed by atoms with Gasteiger partial charge in [-0.15, -0.1) is 0 Å². The van der Waals surface area contributed by atoms with Crippen molar-refractivity contribution in [2.45, 2.75) is 31.1 Å². The van der Waals surface area contributed by atoms with Crippen LogP contribution in [0.2, 0.25) is 0 Å². The lowest BCUT2D eigenvalue weighted by molar-refractivity contribution is 0.247. The zero-order valence-corrected chi connectivity index (χ0v) is 18.5. The predicted molar refractivity (Wildman–Crippen MR) is 127 cm³/mol. The van der Waals surface area contributed by atoms with E-state index < -0.39 is 0 Å². The molecule has 1 unspecified atom stereocenters. The Morgan fingerprint density at radius 1 is 0.906 bits per heavy atom. The van der Waals surface area contributed by atoms with Crippen molar-refractivity contribution in [2.24, 2.45) is 0 Å². The van der Waals surface area contributed by atoms with Crippen molar-refractivity contribution in [1.82, 2.24) is 4.90 Å². The average molecular weight is 430 g/mol. The summed E-state index contributed by atoms with van der Waals surface area (Å²) in [5.74, 6) is 2.29. The van der Waals surface area contributed by atoms with Gasteiger partial charge in [0.05, 0.1) is 13.2 Å². The smallest absolute Gasteiger partial charge is 0.126 e.